The van der Waals surface area contributed by atoms with Gasteiger partial charge in [-0.1, -0.05) is 57.1 Å². The van der Waals surface area contributed by atoms with Gasteiger partial charge in [-0.3, -0.25) is 14.4 Å². The number of aliphatic hydroxyl groups excluding tert-OH is 1. The smallest absolute Gasteiger partial charge is 0.316 e. The Labute approximate surface area is 401 Å². The van der Waals surface area contributed by atoms with E-state index in [0.717, 1.165) is 11.8 Å². The highest BCUT2D eigenvalue weighted by Crippen LogP contribution is 2.46. The average molecular weight is 975 g/mol. The van der Waals surface area contributed by atoms with Crippen LogP contribution in [-0.2, 0) is 51.3 Å². The van der Waals surface area contributed by atoms with Crippen LogP contribution in [0.1, 0.15) is 125 Å². The first-order valence-corrected chi connectivity index (χ1v) is 25.9. The molecule has 1 aromatic heterocycles. The minimum atomic E-state index is -3.37. The number of cyclic esters (lactones) is 1. The van der Waals surface area contributed by atoms with Gasteiger partial charge < -0.3 is 34.5 Å². The van der Waals surface area contributed by atoms with Crippen LogP contribution in [0.25, 0.3) is 0 Å². The number of oxime groups is 1. The number of carbonyl (C=O) groups is 3. The van der Waals surface area contributed by atoms with E-state index in [0.29, 0.717) is 62.2 Å². The Morgan fingerprint density at radius 3 is 2.38 bits per heavy atom. The van der Waals surface area contributed by atoms with E-state index in [1.165, 1.54) is 30.7 Å². The van der Waals surface area contributed by atoms with Crippen molar-refractivity contribution in [1.82, 2.24) is 19.9 Å². The number of ether oxygens (including phenoxy) is 3. The van der Waals surface area contributed by atoms with E-state index < -0.39 is 112 Å². The molecule has 0 radical (unpaired) electrons. The number of hydrogen-bond donors (Lipinski definition) is 3. The lowest BCUT2D eigenvalue weighted by Crippen LogP contribution is -2.58. The molecule has 19 heteroatoms. The molecule has 14 atom stereocenters. The number of halogens is 1. The topological polar surface area (TPSA) is 232 Å². The summed E-state index contributed by atoms with van der Waals surface area (Å²) in [6.07, 6.45) is 0.903. The number of aromatic nitrogens is 3. The predicted octanol–water partition coefficient (Wildman–Crippen LogP) is 5.76. The Morgan fingerprint density at radius 1 is 1.10 bits per heavy atom. The normalized spacial score (nSPS) is 35.4. The van der Waals surface area contributed by atoms with Crippen molar-refractivity contribution < 1.29 is 56.8 Å². The number of hydrogen-bond acceptors (Lipinski definition) is 15. The van der Waals surface area contributed by atoms with E-state index in [1.54, 1.807) is 39.1 Å². The van der Waals surface area contributed by atoms with Gasteiger partial charge in [-0.15, -0.1) is 5.10 Å². The number of likely N-dealkylation sites (N-methyl/N-ethyl adjacent to an activating group) is 1. The van der Waals surface area contributed by atoms with Crippen LogP contribution in [0.3, 0.4) is 0 Å². The Morgan fingerprint density at radius 2 is 1.78 bits per heavy atom. The van der Waals surface area contributed by atoms with Gasteiger partial charge in [0.05, 0.1) is 34.6 Å². The zero-order chi connectivity index (χ0) is 50.5. The second-order valence-electron chi connectivity index (χ2n) is 20.4. The summed E-state index contributed by atoms with van der Waals surface area (Å²) in [5.41, 5.74) is -0.204. The summed E-state index contributed by atoms with van der Waals surface area (Å²) in [6.45, 7) is 15.4. The van der Waals surface area contributed by atoms with Gasteiger partial charge in [0, 0.05) is 55.9 Å². The lowest BCUT2D eigenvalue weighted by atomic mass is 9.65. The molecule has 2 bridgehead atoms. The Bertz CT molecular complexity index is 2240. The number of fused-ring (bicyclic) bond motifs is 5. The van der Waals surface area contributed by atoms with E-state index >= 15 is 0 Å². The predicted molar refractivity (Wildman–Crippen MR) is 253 cm³/mol. The van der Waals surface area contributed by atoms with E-state index in [-0.39, 0.29) is 30.1 Å². The summed E-state index contributed by atoms with van der Waals surface area (Å²) in [7, 11) is -1.50. The van der Waals surface area contributed by atoms with Gasteiger partial charge >= 0.3 is 5.97 Å². The van der Waals surface area contributed by atoms with Crippen molar-refractivity contribution in [3.05, 3.63) is 41.7 Å². The minimum Gasteiger partial charge on any atom is -0.459 e. The minimum absolute atomic E-state index is 0.180. The lowest BCUT2D eigenvalue weighted by molar-refractivity contribution is -0.287. The molecule has 3 N–H and O–H groups in total. The number of aliphatic imine (C=N–C) groups is 1. The molecule has 1 saturated carbocycles. The second-order valence-corrected chi connectivity index (χ2v) is 22.4. The third kappa shape index (κ3) is 12.8. The number of esters is 1. The van der Waals surface area contributed by atoms with Crippen molar-refractivity contribution in [2.45, 2.75) is 173 Å². The number of aliphatic hydroxyl groups is 2. The van der Waals surface area contributed by atoms with Crippen molar-refractivity contribution >= 4 is 38.9 Å². The van der Waals surface area contributed by atoms with Crippen LogP contribution < -0.4 is 0 Å². The molecule has 1 aliphatic carbocycles. The van der Waals surface area contributed by atoms with Crippen LogP contribution in [0.2, 0.25) is 0 Å². The lowest BCUT2D eigenvalue weighted by Gasteiger charge is -2.48. The third-order valence-electron chi connectivity index (χ3n) is 15.0. The fourth-order valence-corrected chi connectivity index (χ4v) is 11.7. The first kappa shape index (κ1) is 54.9. The Hall–Kier alpha value is -4.01. The number of rotatable bonds is 12. The van der Waals surface area contributed by atoms with Gasteiger partial charge in [-0.05, 0) is 114 Å². The molecule has 68 heavy (non-hydrogen) atoms. The van der Waals surface area contributed by atoms with Crippen LogP contribution in [0.4, 0.5) is 4.39 Å². The molecule has 3 aliphatic rings. The van der Waals surface area contributed by atoms with E-state index in [9.17, 15) is 42.6 Å². The van der Waals surface area contributed by atoms with Crippen molar-refractivity contribution in [1.29, 1.82) is 0 Å². The molecule has 2 saturated heterocycles. The van der Waals surface area contributed by atoms with E-state index in [4.69, 9.17) is 14.2 Å². The molecule has 2 aliphatic heterocycles. The standard InChI is InChI=1S/C49H75FN6O11S/c1-12-41-49(9,61)39-18-15-35(53-62)19-21-48(8,25-28(2)42(30(39)4)51-33(7)57)45(31(5)43(58)32(6)46(60)66-41)67-47-44(59)40(23-29(3)65-47)55(10)22-20-36-27-56(54-52-36)37(26-50)24-34-13-16-38(17-14-34)68(11,63)64/h13-14,16-17,27-32,37,39-41,44-45,47,59,61-62H,12,15,18-26H2,1-11H3/b51-42+,53-35+/t28-,29-,30-,31+,32-,37+,39-,40+,41-,44-,45-,47+,48-,49+/m1/s1. The van der Waals surface area contributed by atoms with Crippen molar-refractivity contribution in [3.63, 3.8) is 0 Å². The van der Waals surface area contributed by atoms with E-state index in [1.807, 2.05) is 39.6 Å². The molecule has 3 fully saturated rings. The highest BCUT2D eigenvalue weighted by atomic mass is 32.2. The number of sulfone groups is 1. The van der Waals surface area contributed by atoms with Crippen LogP contribution in [-0.4, -0.2) is 142 Å². The van der Waals surface area contributed by atoms with Crippen LogP contribution >= 0.6 is 0 Å². The van der Waals surface area contributed by atoms with Crippen LogP contribution in [0.15, 0.2) is 45.5 Å². The third-order valence-corrected chi connectivity index (χ3v) is 16.1. The van der Waals surface area contributed by atoms with Crippen molar-refractivity contribution in [2.24, 2.45) is 45.2 Å². The zero-order valence-corrected chi connectivity index (χ0v) is 42.5. The molecule has 17 nitrogen and oxygen atoms in total. The number of ketones is 1. The van der Waals surface area contributed by atoms with Crippen molar-refractivity contribution in [3.8, 4) is 0 Å². The highest BCUT2D eigenvalue weighted by Gasteiger charge is 2.52. The number of amides is 1. The average Bonchev–Trinajstić information content (AvgIpc) is 3.76. The van der Waals surface area contributed by atoms with Gasteiger partial charge in [-0.2, -0.15) is 0 Å². The largest absolute Gasteiger partial charge is 0.459 e. The maximum atomic E-state index is 14.6. The first-order valence-electron chi connectivity index (χ1n) is 24.0. The summed E-state index contributed by atoms with van der Waals surface area (Å²) in [5.74, 6) is -5.36. The molecule has 0 unspecified atom stereocenters. The molecule has 1 aromatic carbocycles. The number of benzene rings is 1. The van der Waals surface area contributed by atoms with E-state index in [2.05, 4.69) is 20.5 Å². The fraction of sp³-hybridized carbons (Fsp3) is 0.735. The Balaban J connectivity index is 1.44. The van der Waals surface area contributed by atoms with Gasteiger partial charge in [0.1, 0.15) is 30.4 Å². The molecule has 2 aromatic rings. The summed E-state index contributed by atoms with van der Waals surface area (Å²) in [6, 6.07) is 5.18. The molecule has 380 valence electrons. The highest BCUT2D eigenvalue weighted by molar-refractivity contribution is 7.90. The summed E-state index contributed by atoms with van der Waals surface area (Å²) in [5, 5.41) is 47.1. The second kappa shape index (κ2) is 22.8. The summed E-state index contributed by atoms with van der Waals surface area (Å²) in [4.78, 5) is 48.2. The molecular weight excluding hydrogens is 900 g/mol. The van der Waals surface area contributed by atoms with Crippen molar-refractivity contribution in [2.75, 3.05) is 26.5 Å². The molecule has 5 rings (SSSR count). The maximum Gasteiger partial charge on any atom is 0.316 e. The van der Waals surface area contributed by atoms with Gasteiger partial charge in [0.25, 0.3) is 0 Å². The van der Waals surface area contributed by atoms with Gasteiger partial charge in [-0.25, -0.2) is 22.5 Å². The van der Waals surface area contributed by atoms with Crippen LogP contribution in [0, 0.1) is 35.0 Å². The van der Waals surface area contributed by atoms with Gasteiger partial charge in [0.2, 0.25) is 5.91 Å². The quantitative estimate of drug-likeness (QED) is 0.0994. The monoisotopic (exact) mass is 975 g/mol. The van der Waals surface area contributed by atoms with Crippen LogP contribution in [0.5, 0.6) is 0 Å². The summed E-state index contributed by atoms with van der Waals surface area (Å²) >= 11 is 0. The first-order chi connectivity index (χ1) is 31.8. The number of carbonyl (C=O) groups excluding carboxylic acids is 3. The summed E-state index contributed by atoms with van der Waals surface area (Å²) < 4.78 is 59.0. The number of Topliss-reactive ketones (excluding diaryl/α,β-unsaturated/α-hetero) is 1. The molecule has 1 amide bonds. The number of alkyl halides is 1. The molecule has 0 spiro atoms. The Kier molecular flexibility index (Phi) is 18.4. The maximum absolute atomic E-state index is 14.6. The zero-order valence-electron chi connectivity index (χ0n) is 41.7. The molecule has 3 heterocycles. The molecular formula is C49H75FN6O11S. The SMILES string of the molecule is CC[C@H]1OC(=O)[C@H](C)C(=O)[C@H](C)[C@@H](O[C@@H]2O[C@H](C)C[C@H](N(C)CCc3cn([C@H](CF)Cc4ccc(S(C)(=O)=O)cc4)nn3)[C@H]2O)[C@]2(C)CC/C(=N/O)CC[C@H]([C@@H](C)/C(=N/C(C)=O)[C@H](C)C2)[C@]1(C)O. The van der Waals surface area contributed by atoms with Gasteiger partial charge in [0.15, 0.2) is 21.9 Å². The fourth-order valence-electron chi connectivity index (χ4n) is 11.0. The number of nitrogens with zero attached hydrogens (tertiary/aromatic N) is 6.